The summed E-state index contributed by atoms with van der Waals surface area (Å²) in [6.45, 7) is 13.5. The van der Waals surface area contributed by atoms with Crippen molar-refractivity contribution in [1.29, 1.82) is 0 Å². The molecule has 0 unspecified atom stereocenters. The van der Waals surface area contributed by atoms with Crippen molar-refractivity contribution in [3.63, 3.8) is 0 Å². The molecule has 0 saturated carbocycles. The Labute approximate surface area is 343 Å². The van der Waals surface area contributed by atoms with Gasteiger partial charge in [0, 0.05) is 39.7 Å². The van der Waals surface area contributed by atoms with Gasteiger partial charge in [0.25, 0.3) is 0 Å². The molecule has 0 spiro atoms. The molecule has 0 amide bonds. The maximum absolute atomic E-state index is 13.2. The molecule has 58 heavy (non-hydrogen) atoms. The van der Waals surface area contributed by atoms with E-state index in [0.717, 1.165) is 0 Å². The average molecular weight is 828 g/mol. The number of methoxy groups -OCH3 is 1. The predicted octanol–water partition coefficient (Wildman–Crippen LogP) is 3.01. The fraction of sp³-hybridized carbons (Fsp3) is 0.810. The standard InChI is InChI=1S/C42H69NO15/c1-23(2)19-32(47)56-40-27(6)53-34(22-42(40,8)50)57-37-26(5)54-41(36(49)35(37)43(9)10)58-38-29(17-18-44)20-24(3)30(46)16-14-12-13-15-25(4)52-33(48)21-31(39(38)51-11)55-28(7)45/h12-14,16,18,23-27,29-31,34-41,46,49-50H,15,17,19-22H2,1-11H3/t24-,25-,26-,27+,29+,30+,31-,34-,35+,36+,37+,38+,39-,40-,41+,42+/m1/s1. The van der Waals surface area contributed by atoms with Crippen molar-refractivity contribution in [3.8, 4) is 0 Å². The zero-order valence-electron chi connectivity index (χ0n) is 36.1. The summed E-state index contributed by atoms with van der Waals surface area (Å²) in [5, 5.41) is 34.6. The molecule has 0 radical (unpaired) electrons. The number of allylic oxidation sites excluding steroid dienone is 2. The van der Waals surface area contributed by atoms with Gasteiger partial charge in [-0.05, 0) is 66.0 Å². The largest absolute Gasteiger partial charge is 0.462 e. The van der Waals surface area contributed by atoms with Crippen LogP contribution in [0.25, 0.3) is 0 Å². The number of ether oxygens (including phenoxy) is 8. The molecule has 332 valence electrons. The smallest absolute Gasteiger partial charge is 0.309 e. The van der Waals surface area contributed by atoms with E-state index in [1.807, 2.05) is 20.8 Å². The maximum Gasteiger partial charge on any atom is 0.309 e. The highest BCUT2D eigenvalue weighted by Crippen LogP contribution is 2.38. The summed E-state index contributed by atoms with van der Waals surface area (Å²) in [4.78, 5) is 52.3. The Kier molecular flexibility index (Phi) is 19.4. The average Bonchev–Trinajstić information content (AvgIpc) is 3.09. The highest BCUT2D eigenvalue weighted by atomic mass is 16.7. The van der Waals surface area contributed by atoms with Gasteiger partial charge in [0.05, 0.1) is 36.9 Å². The van der Waals surface area contributed by atoms with Gasteiger partial charge in [-0.1, -0.05) is 45.1 Å². The minimum Gasteiger partial charge on any atom is -0.462 e. The summed E-state index contributed by atoms with van der Waals surface area (Å²) in [6.07, 6.45) is -4.11. The molecule has 0 aromatic heterocycles. The number of esters is 3. The van der Waals surface area contributed by atoms with Crippen molar-refractivity contribution in [1.82, 2.24) is 4.90 Å². The van der Waals surface area contributed by atoms with Crippen LogP contribution in [0, 0.1) is 17.8 Å². The van der Waals surface area contributed by atoms with Gasteiger partial charge < -0.3 is 62.9 Å². The van der Waals surface area contributed by atoms with E-state index >= 15 is 0 Å². The van der Waals surface area contributed by atoms with E-state index < -0.39 is 121 Å². The molecule has 2 saturated heterocycles. The van der Waals surface area contributed by atoms with E-state index in [1.54, 1.807) is 71.0 Å². The Morgan fingerprint density at radius 3 is 2.29 bits per heavy atom. The summed E-state index contributed by atoms with van der Waals surface area (Å²) in [5.41, 5.74) is -1.50. The second-order valence-corrected chi connectivity index (χ2v) is 17.0. The molecule has 3 rings (SSSR count). The summed E-state index contributed by atoms with van der Waals surface area (Å²) in [5.74, 6) is -2.82. The summed E-state index contributed by atoms with van der Waals surface area (Å²) in [6, 6.07) is -0.782. The van der Waals surface area contributed by atoms with Gasteiger partial charge in [-0.25, -0.2) is 0 Å². The topological polar surface area (TPSA) is 206 Å². The van der Waals surface area contributed by atoms with Crippen molar-refractivity contribution in [2.45, 2.75) is 179 Å². The van der Waals surface area contributed by atoms with Crippen LogP contribution in [-0.4, -0.2) is 151 Å². The summed E-state index contributed by atoms with van der Waals surface area (Å²) >= 11 is 0. The van der Waals surface area contributed by atoms with Crippen molar-refractivity contribution < 1.29 is 72.4 Å². The monoisotopic (exact) mass is 827 g/mol. The molecule has 16 atom stereocenters. The molecular formula is C42H69NO15. The lowest BCUT2D eigenvalue weighted by Gasteiger charge is -2.50. The number of rotatable bonds is 12. The number of nitrogens with zero attached hydrogens (tertiary/aromatic N) is 1. The Morgan fingerprint density at radius 2 is 1.71 bits per heavy atom. The minimum absolute atomic E-state index is 0.0460. The highest BCUT2D eigenvalue weighted by molar-refractivity contribution is 5.72. The minimum atomic E-state index is -1.50. The van der Waals surface area contributed by atoms with Crippen molar-refractivity contribution in [2.75, 3.05) is 21.2 Å². The lowest BCUT2D eigenvalue weighted by Crippen LogP contribution is -2.66. The molecule has 0 bridgehead atoms. The summed E-state index contributed by atoms with van der Waals surface area (Å²) in [7, 11) is 4.86. The molecule has 3 aliphatic heterocycles. The number of hydrogen-bond acceptors (Lipinski definition) is 16. The van der Waals surface area contributed by atoms with Crippen LogP contribution in [0.1, 0.15) is 93.9 Å². The maximum atomic E-state index is 13.2. The number of carbonyl (C=O) groups excluding carboxylic acids is 4. The first kappa shape index (κ1) is 49.6. The first-order valence-corrected chi connectivity index (χ1v) is 20.4. The number of hydrogen-bond donors (Lipinski definition) is 3. The van der Waals surface area contributed by atoms with Crippen LogP contribution in [0.2, 0.25) is 0 Å². The van der Waals surface area contributed by atoms with Gasteiger partial charge in [-0.15, -0.1) is 0 Å². The number of cyclic esters (lactones) is 1. The van der Waals surface area contributed by atoms with E-state index in [2.05, 4.69) is 0 Å². The second-order valence-electron chi connectivity index (χ2n) is 17.0. The van der Waals surface area contributed by atoms with Crippen molar-refractivity contribution in [3.05, 3.63) is 24.3 Å². The number of aliphatic hydroxyl groups is 3. The van der Waals surface area contributed by atoms with Crippen LogP contribution in [0.5, 0.6) is 0 Å². The molecule has 0 aromatic carbocycles. The third-order valence-corrected chi connectivity index (χ3v) is 10.9. The van der Waals surface area contributed by atoms with Crippen LogP contribution >= 0.6 is 0 Å². The van der Waals surface area contributed by atoms with E-state index in [-0.39, 0.29) is 31.6 Å². The lowest BCUT2D eigenvalue weighted by molar-refractivity contribution is -0.344. The lowest BCUT2D eigenvalue weighted by atomic mass is 9.82. The normalized spacial score (nSPS) is 39.6. The van der Waals surface area contributed by atoms with Crippen LogP contribution in [0.4, 0.5) is 0 Å². The van der Waals surface area contributed by atoms with Gasteiger partial charge in [0.15, 0.2) is 18.7 Å². The fourth-order valence-corrected chi connectivity index (χ4v) is 8.08. The predicted molar refractivity (Wildman–Crippen MR) is 210 cm³/mol. The number of carbonyl (C=O) groups is 4. The van der Waals surface area contributed by atoms with Gasteiger partial charge >= 0.3 is 17.9 Å². The number of aldehydes is 1. The molecule has 3 heterocycles. The third-order valence-electron chi connectivity index (χ3n) is 10.9. The van der Waals surface area contributed by atoms with E-state index in [4.69, 9.17) is 37.9 Å². The SMILES string of the molecule is CO[C@H]1[C@@H](O[C@@H]2O[C@H](C)[C@H](O[C@@H]3C[C@](C)(O)[C@H](OC(=O)CC(C)C)[C@H](C)O3)[C@@H](N(C)C)[C@@H]2O)[C@@H](CC=O)C[C@@H](C)[C@@H](O)C=CC=CC[C@@H](C)OC(=O)C[C@H]1OC(C)=O. The van der Waals surface area contributed by atoms with Crippen LogP contribution in [0.15, 0.2) is 24.3 Å². The molecular weight excluding hydrogens is 758 g/mol. The molecule has 16 nitrogen and oxygen atoms in total. The molecule has 0 aliphatic carbocycles. The van der Waals surface area contributed by atoms with Gasteiger partial charge in [0.1, 0.15) is 42.4 Å². The van der Waals surface area contributed by atoms with Crippen molar-refractivity contribution >= 4 is 24.2 Å². The highest BCUT2D eigenvalue weighted by Gasteiger charge is 2.53. The first-order valence-electron chi connectivity index (χ1n) is 20.4. The van der Waals surface area contributed by atoms with E-state index in [9.17, 15) is 34.5 Å². The molecule has 16 heteroatoms. The van der Waals surface area contributed by atoms with E-state index in [0.29, 0.717) is 12.7 Å². The Balaban J connectivity index is 1.98. The second kappa shape index (κ2) is 22.7. The van der Waals surface area contributed by atoms with Crippen LogP contribution in [-0.2, 0) is 57.1 Å². The fourth-order valence-electron chi connectivity index (χ4n) is 8.08. The molecule has 3 N–H and O–H groups in total. The Hall–Kier alpha value is -2.80. The van der Waals surface area contributed by atoms with Crippen LogP contribution in [0.3, 0.4) is 0 Å². The summed E-state index contributed by atoms with van der Waals surface area (Å²) < 4.78 is 48.6. The molecule has 2 fully saturated rings. The Morgan fingerprint density at radius 1 is 1.02 bits per heavy atom. The van der Waals surface area contributed by atoms with Crippen LogP contribution < -0.4 is 0 Å². The quantitative estimate of drug-likeness (QED) is 0.147. The first-order chi connectivity index (χ1) is 27.2. The van der Waals surface area contributed by atoms with Crippen molar-refractivity contribution in [2.24, 2.45) is 17.8 Å². The zero-order chi connectivity index (χ0) is 43.5. The number of aliphatic hydroxyl groups excluding tert-OH is 2. The third kappa shape index (κ3) is 14.2. The zero-order valence-corrected chi connectivity index (χ0v) is 36.1. The molecule has 0 aromatic rings. The number of likely N-dealkylation sites (N-methyl/N-ethyl adjacent to an activating group) is 1. The Bertz CT molecular complexity index is 1390. The van der Waals surface area contributed by atoms with Gasteiger partial charge in [0.2, 0.25) is 0 Å². The molecule has 3 aliphatic rings. The van der Waals surface area contributed by atoms with E-state index in [1.165, 1.54) is 14.0 Å². The van der Waals surface area contributed by atoms with Gasteiger partial charge in [-0.3, -0.25) is 14.4 Å². The van der Waals surface area contributed by atoms with Gasteiger partial charge in [-0.2, -0.15) is 0 Å².